The normalized spacial score (nSPS) is 12.5. The van der Waals surface area contributed by atoms with E-state index in [4.69, 9.17) is 16.2 Å². The van der Waals surface area contributed by atoms with Gasteiger partial charge >= 0.3 is 0 Å². The van der Waals surface area contributed by atoms with Gasteiger partial charge in [0.2, 0.25) is 0 Å². The van der Waals surface area contributed by atoms with Gasteiger partial charge in [-0.25, -0.2) is 0 Å². The van der Waals surface area contributed by atoms with Gasteiger partial charge in [-0.2, -0.15) is 5.26 Å². The van der Waals surface area contributed by atoms with Gasteiger partial charge in [0.25, 0.3) is 0 Å². The Bertz CT molecular complexity index is 225. The van der Waals surface area contributed by atoms with Crippen LogP contribution in [0.5, 0.6) is 0 Å². The molecule has 14 heavy (non-hydrogen) atoms. The minimum atomic E-state index is -0.214. The second kappa shape index (κ2) is 5.48. The van der Waals surface area contributed by atoms with E-state index in [0.717, 1.165) is 0 Å². The largest absolute Gasteiger partial charge is 0.409 e. The summed E-state index contributed by atoms with van der Waals surface area (Å²) in [5, 5.41) is 19.1. The molecule has 0 radical (unpaired) electrons. The van der Waals surface area contributed by atoms with E-state index < -0.39 is 0 Å². The Morgan fingerprint density at radius 2 is 1.50 bits per heavy atom. The van der Waals surface area contributed by atoms with Gasteiger partial charge in [0, 0.05) is 10.8 Å². The van der Waals surface area contributed by atoms with Gasteiger partial charge in [0.15, 0.2) is 0 Å². The molecule has 82 valence electrons. The molecule has 0 atom stereocenters. The number of hydrogen-bond donors (Lipinski definition) is 2. The van der Waals surface area contributed by atoms with E-state index in [1.165, 1.54) is 0 Å². The fourth-order valence-corrected chi connectivity index (χ4v) is 0.150. The van der Waals surface area contributed by atoms with Crippen LogP contribution in [0.15, 0.2) is 5.16 Å². The van der Waals surface area contributed by atoms with Crippen molar-refractivity contribution in [1.82, 2.24) is 0 Å². The number of oxime groups is 1. The van der Waals surface area contributed by atoms with Crippen molar-refractivity contribution in [2.45, 2.75) is 41.5 Å². The second-order valence-corrected chi connectivity index (χ2v) is 5.10. The van der Waals surface area contributed by atoms with Crippen LogP contribution in [0.3, 0.4) is 0 Å². The van der Waals surface area contributed by atoms with Crippen molar-refractivity contribution < 1.29 is 5.21 Å². The Morgan fingerprint density at radius 1 is 1.21 bits per heavy atom. The zero-order valence-corrected chi connectivity index (χ0v) is 9.92. The summed E-state index contributed by atoms with van der Waals surface area (Å²) in [7, 11) is 0. The van der Waals surface area contributed by atoms with Gasteiger partial charge in [0.1, 0.15) is 5.84 Å². The molecule has 0 bridgehead atoms. The fraction of sp³-hybridized carbons (Fsp3) is 0.800. The molecule has 0 heterocycles. The molecule has 0 aliphatic carbocycles. The van der Waals surface area contributed by atoms with Crippen molar-refractivity contribution in [1.29, 1.82) is 5.26 Å². The number of nitriles is 1. The van der Waals surface area contributed by atoms with Gasteiger partial charge in [-0.15, -0.1) is 0 Å². The van der Waals surface area contributed by atoms with Gasteiger partial charge < -0.3 is 10.9 Å². The first-order chi connectivity index (χ1) is 6.04. The maximum absolute atomic E-state index is 8.15. The molecule has 4 heteroatoms. The molecule has 0 aromatic rings. The lowest BCUT2D eigenvalue weighted by molar-refractivity contribution is 0.310. The van der Waals surface area contributed by atoms with Gasteiger partial charge in [-0.05, 0) is 20.8 Å². The van der Waals surface area contributed by atoms with Crippen LogP contribution in [0.1, 0.15) is 41.5 Å². The van der Waals surface area contributed by atoms with Crippen LogP contribution in [-0.2, 0) is 0 Å². The van der Waals surface area contributed by atoms with Crippen molar-refractivity contribution >= 4 is 5.84 Å². The lowest BCUT2D eigenvalue weighted by Gasteiger charge is -2.14. The predicted molar refractivity (Wildman–Crippen MR) is 57.9 cm³/mol. The Hall–Kier alpha value is -1.24. The Labute approximate surface area is 86.4 Å². The first-order valence-electron chi connectivity index (χ1n) is 4.44. The highest BCUT2D eigenvalue weighted by molar-refractivity contribution is 5.84. The minimum absolute atomic E-state index is 0.153. The average molecular weight is 199 g/mol. The summed E-state index contributed by atoms with van der Waals surface area (Å²) in [5.74, 6) is 0.262. The smallest absolute Gasteiger partial charge is 0.144 e. The lowest BCUT2D eigenvalue weighted by Crippen LogP contribution is -2.28. The summed E-state index contributed by atoms with van der Waals surface area (Å²) < 4.78 is 0. The third kappa shape index (κ3) is 10.8. The molecule has 0 aliphatic heterocycles. The number of amidine groups is 1. The summed E-state index contributed by atoms with van der Waals surface area (Å²) in [6.07, 6.45) is 0. The Morgan fingerprint density at radius 3 is 1.50 bits per heavy atom. The monoisotopic (exact) mass is 199 g/mol. The molecule has 0 aromatic carbocycles. The van der Waals surface area contributed by atoms with E-state index in [0.29, 0.717) is 0 Å². The van der Waals surface area contributed by atoms with Crippen molar-refractivity contribution in [3.05, 3.63) is 0 Å². The first kappa shape index (κ1) is 15.2. The van der Waals surface area contributed by atoms with Crippen molar-refractivity contribution in [3.8, 4) is 6.07 Å². The van der Waals surface area contributed by atoms with Gasteiger partial charge in [0.05, 0.1) is 6.07 Å². The van der Waals surface area contributed by atoms with Crippen molar-refractivity contribution in [2.24, 2.45) is 21.7 Å². The maximum atomic E-state index is 8.15. The maximum Gasteiger partial charge on any atom is 0.144 e. The molecule has 0 spiro atoms. The van der Waals surface area contributed by atoms with Crippen LogP contribution in [0.2, 0.25) is 0 Å². The number of rotatable bonds is 0. The SMILES string of the molecule is CC(C)(C)/C(N)=N/O.CC(C)(C)C#N. The molecule has 0 unspecified atom stereocenters. The fourth-order valence-electron chi connectivity index (χ4n) is 0.150. The summed E-state index contributed by atoms with van der Waals surface area (Å²) in [5.41, 5.74) is 4.88. The van der Waals surface area contributed by atoms with E-state index in [1.54, 1.807) is 0 Å². The van der Waals surface area contributed by atoms with Crippen LogP contribution in [0, 0.1) is 22.2 Å². The van der Waals surface area contributed by atoms with E-state index in [1.807, 2.05) is 41.5 Å². The molecule has 0 amide bonds. The summed E-state index contributed by atoms with van der Waals surface area (Å²) >= 11 is 0. The first-order valence-corrected chi connectivity index (χ1v) is 4.44. The molecule has 0 aromatic heterocycles. The highest BCUT2D eigenvalue weighted by Gasteiger charge is 2.15. The quantitative estimate of drug-likeness (QED) is 0.272. The zero-order chi connectivity index (χ0) is 12.0. The van der Waals surface area contributed by atoms with Crippen molar-refractivity contribution in [3.63, 3.8) is 0 Å². The standard InChI is InChI=1S/C5H12N2O.C5H9N/c1-5(2,3)4(6)7-8;1-5(2,3)4-6/h8H,1-3H3,(H2,6,7);1-3H3. The average Bonchev–Trinajstić information content (AvgIpc) is 2.01. The molecular weight excluding hydrogens is 178 g/mol. The number of hydrogen-bond acceptors (Lipinski definition) is 3. The predicted octanol–water partition coefficient (Wildman–Crippen LogP) is 2.33. The summed E-state index contributed by atoms with van der Waals surface area (Å²) in [6, 6.07) is 2.10. The van der Waals surface area contributed by atoms with E-state index in [-0.39, 0.29) is 16.7 Å². The van der Waals surface area contributed by atoms with Gasteiger partial charge in [-0.1, -0.05) is 25.9 Å². The third-order valence-corrected chi connectivity index (χ3v) is 1.21. The molecule has 0 fully saturated rings. The summed E-state index contributed by atoms with van der Waals surface area (Å²) in [6.45, 7) is 11.3. The Kier molecular flexibility index (Phi) is 5.97. The van der Waals surface area contributed by atoms with E-state index in [9.17, 15) is 0 Å². The molecule has 3 N–H and O–H groups in total. The van der Waals surface area contributed by atoms with E-state index in [2.05, 4.69) is 11.2 Å². The third-order valence-electron chi connectivity index (χ3n) is 1.21. The number of nitrogens with two attached hydrogens (primary N) is 1. The molecule has 0 saturated heterocycles. The highest BCUT2D eigenvalue weighted by atomic mass is 16.4. The molecule has 4 nitrogen and oxygen atoms in total. The molecular formula is C10H21N3O. The topological polar surface area (TPSA) is 82.4 Å². The number of nitrogens with zero attached hydrogens (tertiary/aromatic N) is 2. The highest BCUT2D eigenvalue weighted by Crippen LogP contribution is 2.11. The van der Waals surface area contributed by atoms with E-state index >= 15 is 0 Å². The van der Waals surface area contributed by atoms with Crippen molar-refractivity contribution in [2.75, 3.05) is 0 Å². The van der Waals surface area contributed by atoms with Crippen LogP contribution >= 0.6 is 0 Å². The molecule has 0 aliphatic rings. The Balaban J connectivity index is 0. The van der Waals surface area contributed by atoms with Crippen LogP contribution in [0.25, 0.3) is 0 Å². The minimum Gasteiger partial charge on any atom is -0.409 e. The summed E-state index contributed by atoms with van der Waals surface area (Å²) in [4.78, 5) is 0. The van der Waals surface area contributed by atoms with Crippen LogP contribution in [-0.4, -0.2) is 11.0 Å². The molecule has 0 rings (SSSR count). The van der Waals surface area contributed by atoms with Crippen LogP contribution < -0.4 is 5.73 Å². The van der Waals surface area contributed by atoms with Crippen LogP contribution in [0.4, 0.5) is 0 Å². The molecule has 0 saturated carbocycles. The van der Waals surface area contributed by atoms with Gasteiger partial charge in [-0.3, -0.25) is 0 Å². The second-order valence-electron chi connectivity index (χ2n) is 5.10. The zero-order valence-electron chi connectivity index (χ0n) is 9.92. The lowest BCUT2D eigenvalue weighted by atomic mass is 9.96.